The van der Waals surface area contributed by atoms with Crippen LogP contribution in [-0.4, -0.2) is 37.0 Å². The number of allylic oxidation sites excluding steroid dienone is 1. The van der Waals surface area contributed by atoms with Gasteiger partial charge >= 0.3 is 0 Å². The fourth-order valence-electron chi connectivity index (χ4n) is 3.73. The molecule has 1 amide bonds. The Kier molecular flexibility index (Phi) is 6.40. The van der Waals surface area contributed by atoms with Crippen LogP contribution in [0, 0.1) is 17.2 Å². The molecule has 0 bridgehead atoms. The largest absolute Gasteiger partial charge is 0.316 e. The Morgan fingerprint density at radius 1 is 1.36 bits per heavy atom. The zero-order valence-corrected chi connectivity index (χ0v) is 18.1. The number of sulfonamides is 1. The summed E-state index contributed by atoms with van der Waals surface area (Å²) in [7, 11) is -3.70. The Labute approximate surface area is 175 Å². The number of benzene rings is 1. The number of halogens is 1. The summed E-state index contributed by atoms with van der Waals surface area (Å²) >= 11 is 7.70. The Hall–Kier alpha value is -1.53. The lowest BCUT2D eigenvalue weighted by atomic mass is 9.99. The van der Waals surface area contributed by atoms with Gasteiger partial charge in [0.05, 0.1) is 32.2 Å². The maximum atomic E-state index is 12.8. The number of carbonyl (C=O) groups is 1. The van der Waals surface area contributed by atoms with Crippen molar-refractivity contribution in [1.82, 2.24) is 9.62 Å². The molecule has 1 N–H and O–H groups in total. The van der Waals surface area contributed by atoms with E-state index in [1.54, 1.807) is 13.8 Å². The molecular formula is C19H22ClN3O3S2. The van der Waals surface area contributed by atoms with Crippen molar-refractivity contribution < 1.29 is 13.2 Å². The summed E-state index contributed by atoms with van der Waals surface area (Å²) in [4.78, 5) is 12.9. The average molecular weight is 440 g/mol. The maximum Gasteiger partial charge on any atom is 0.257 e. The number of nitrogens with zero attached hydrogens (tertiary/aromatic N) is 2. The molecule has 1 aliphatic heterocycles. The smallest absolute Gasteiger partial charge is 0.257 e. The van der Waals surface area contributed by atoms with Crippen LogP contribution in [0.2, 0.25) is 5.02 Å². The fraction of sp³-hybridized carbons (Fsp3) is 0.474. The second-order valence-electron chi connectivity index (χ2n) is 6.73. The number of carbonyl (C=O) groups excluding carboxylic acids is 1. The summed E-state index contributed by atoms with van der Waals surface area (Å²) in [5, 5.41) is 13.4. The van der Waals surface area contributed by atoms with Crippen LogP contribution in [0.3, 0.4) is 0 Å². The summed E-state index contributed by atoms with van der Waals surface area (Å²) in [6.45, 7) is 4.19. The molecule has 150 valence electrons. The van der Waals surface area contributed by atoms with Crippen LogP contribution in [0.5, 0.6) is 0 Å². The van der Waals surface area contributed by atoms with Crippen LogP contribution >= 0.6 is 23.4 Å². The standard InChI is InChI=1S/C19H22ClN3O3S2/c1-3-23(4-2)28(25,26)12-8-9-16(20)14(10-12)18(24)22-19-15(11-21)13-6-5-7-17(13)27-19/h8-10,13,17H,3-7H2,1-2H3,(H,22,24). The third-order valence-corrected chi connectivity index (χ3v) is 9.01. The average Bonchev–Trinajstić information content (AvgIpc) is 3.23. The first kappa shape index (κ1) is 21.2. The van der Waals surface area contributed by atoms with Crippen molar-refractivity contribution in [3.05, 3.63) is 39.4 Å². The third kappa shape index (κ3) is 3.81. The molecule has 2 aliphatic rings. The SMILES string of the molecule is CCN(CC)S(=O)(=O)c1ccc(Cl)c(C(=O)NC2=C(C#N)C3CCCC3S2)c1. The van der Waals surface area contributed by atoms with Gasteiger partial charge in [-0.2, -0.15) is 9.57 Å². The molecule has 1 aliphatic carbocycles. The predicted molar refractivity (Wildman–Crippen MR) is 110 cm³/mol. The highest BCUT2D eigenvalue weighted by molar-refractivity contribution is 8.04. The van der Waals surface area contributed by atoms with Crippen LogP contribution in [0.15, 0.2) is 33.7 Å². The van der Waals surface area contributed by atoms with Gasteiger partial charge in [0.1, 0.15) is 0 Å². The minimum atomic E-state index is -3.70. The van der Waals surface area contributed by atoms with Crippen LogP contribution in [0.4, 0.5) is 0 Å². The lowest BCUT2D eigenvalue weighted by Gasteiger charge is -2.19. The highest BCUT2D eigenvalue weighted by Crippen LogP contribution is 2.49. The molecule has 0 saturated heterocycles. The molecule has 1 heterocycles. The molecule has 3 rings (SSSR count). The van der Waals surface area contributed by atoms with Crippen LogP contribution in [-0.2, 0) is 10.0 Å². The quantitative estimate of drug-likeness (QED) is 0.728. The van der Waals surface area contributed by atoms with E-state index in [0.717, 1.165) is 19.3 Å². The number of nitriles is 1. The van der Waals surface area contributed by atoms with Gasteiger partial charge in [-0.25, -0.2) is 8.42 Å². The van der Waals surface area contributed by atoms with E-state index in [0.29, 0.717) is 28.9 Å². The molecule has 0 spiro atoms. The Bertz CT molecular complexity index is 965. The first-order valence-electron chi connectivity index (χ1n) is 9.25. The van der Waals surface area contributed by atoms with E-state index < -0.39 is 15.9 Å². The number of hydrogen-bond acceptors (Lipinski definition) is 5. The second-order valence-corrected chi connectivity index (χ2v) is 10.3. The van der Waals surface area contributed by atoms with Crippen LogP contribution < -0.4 is 5.32 Å². The summed E-state index contributed by atoms with van der Waals surface area (Å²) in [5.41, 5.74) is 0.696. The molecule has 0 radical (unpaired) electrons. The second kappa shape index (κ2) is 8.46. The van der Waals surface area contributed by atoms with E-state index in [9.17, 15) is 18.5 Å². The minimum Gasteiger partial charge on any atom is -0.316 e. The predicted octanol–water partition coefficient (Wildman–Crippen LogP) is 3.75. The van der Waals surface area contributed by atoms with Gasteiger partial charge in [0.2, 0.25) is 10.0 Å². The topological polar surface area (TPSA) is 90.3 Å². The molecule has 1 fully saturated rings. The highest BCUT2D eigenvalue weighted by Gasteiger charge is 2.39. The van der Waals surface area contributed by atoms with E-state index in [1.807, 2.05) is 0 Å². The minimum absolute atomic E-state index is 0.0242. The lowest BCUT2D eigenvalue weighted by molar-refractivity contribution is 0.0968. The van der Waals surface area contributed by atoms with Crippen molar-refractivity contribution >= 4 is 39.3 Å². The molecule has 0 aromatic heterocycles. The maximum absolute atomic E-state index is 12.8. The van der Waals surface area contributed by atoms with E-state index in [4.69, 9.17) is 11.6 Å². The van der Waals surface area contributed by atoms with Gasteiger partial charge in [0, 0.05) is 24.3 Å². The van der Waals surface area contributed by atoms with E-state index >= 15 is 0 Å². The molecular weight excluding hydrogens is 418 g/mol. The summed E-state index contributed by atoms with van der Waals surface area (Å²) in [6, 6.07) is 6.36. The van der Waals surface area contributed by atoms with Crippen molar-refractivity contribution in [2.75, 3.05) is 13.1 Å². The molecule has 2 unspecified atom stereocenters. The molecule has 2 atom stereocenters. The number of hydrogen-bond donors (Lipinski definition) is 1. The monoisotopic (exact) mass is 439 g/mol. The van der Waals surface area contributed by atoms with Crippen LogP contribution in [0.1, 0.15) is 43.5 Å². The Morgan fingerprint density at radius 3 is 2.71 bits per heavy atom. The van der Waals surface area contributed by atoms with Crippen molar-refractivity contribution in [3.63, 3.8) is 0 Å². The molecule has 1 saturated carbocycles. The van der Waals surface area contributed by atoms with Crippen molar-refractivity contribution in [2.45, 2.75) is 43.3 Å². The van der Waals surface area contributed by atoms with Crippen molar-refractivity contribution in [2.24, 2.45) is 5.92 Å². The summed E-state index contributed by atoms with van der Waals surface area (Å²) in [5.74, 6) is -0.313. The zero-order valence-electron chi connectivity index (χ0n) is 15.7. The number of rotatable bonds is 6. The van der Waals surface area contributed by atoms with Gasteiger partial charge < -0.3 is 5.32 Å². The molecule has 1 aromatic rings. The van der Waals surface area contributed by atoms with Gasteiger partial charge in [-0.3, -0.25) is 4.79 Å². The first-order valence-corrected chi connectivity index (χ1v) is 11.9. The molecule has 28 heavy (non-hydrogen) atoms. The number of fused-ring (bicyclic) bond motifs is 1. The number of amides is 1. The van der Waals surface area contributed by atoms with Crippen molar-refractivity contribution in [1.29, 1.82) is 5.26 Å². The Balaban J connectivity index is 1.90. The summed E-state index contributed by atoms with van der Waals surface area (Å²) < 4.78 is 26.8. The van der Waals surface area contributed by atoms with Crippen molar-refractivity contribution in [3.8, 4) is 6.07 Å². The zero-order chi connectivity index (χ0) is 20.5. The summed E-state index contributed by atoms with van der Waals surface area (Å²) in [6.07, 6.45) is 3.07. The highest BCUT2D eigenvalue weighted by atomic mass is 35.5. The third-order valence-electron chi connectivity index (χ3n) is 5.21. The van der Waals surface area contributed by atoms with E-state index in [-0.39, 0.29) is 21.4 Å². The molecule has 9 heteroatoms. The Morgan fingerprint density at radius 2 is 2.07 bits per heavy atom. The molecule has 6 nitrogen and oxygen atoms in total. The number of thioether (sulfide) groups is 1. The molecule has 1 aromatic carbocycles. The van der Waals surface area contributed by atoms with E-state index in [1.165, 1.54) is 34.3 Å². The van der Waals surface area contributed by atoms with Gasteiger partial charge in [-0.05, 0) is 31.0 Å². The van der Waals surface area contributed by atoms with Gasteiger partial charge in [-0.15, -0.1) is 11.8 Å². The fourth-order valence-corrected chi connectivity index (χ4v) is 6.92. The lowest BCUT2D eigenvalue weighted by Crippen LogP contribution is -2.31. The van der Waals surface area contributed by atoms with E-state index in [2.05, 4.69) is 11.4 Å². The van der Waals surface area contributed by atoms with Gasteiger partial charge in [0.15, 0.2) is 0 Å². The van der Waals surface area contributed by atoms with Crippen LogP contribution in [0.25, 0.3) is 0 Å². The van der Waals surface area contributed by atoms with Gasteiger partial charge in [-0.1, -0.05) is 31.9 Å². The normalized spacial score (nSPS) is 21.7. The number of nitrogens with one attached hydrogen (secondary N) is 1. The van der Waals surface area contributed by atoms with Gasteiger partial charge in [0.25, 0.3) is 5.91 Å². The first-order chi connectivity index (χ1) is 13.3.